The van der Waals surface area contributed by atoms with Crippen molar-refractivity contribution in [2.24, 2.45) is 11.3 Å². The smallest absolute Gasteiger partial charge is 0.407 e. The number of benzene rings is 2. The lowest BCUT2D eigenvalue weighted by atomic mass is 9.89. The first-order valence-corrected chi connectivity index (χ1v) is 16.8. The Labute approximate surface area is 270 Å². The Hall–Kier alpha value is -3.43. The van der Waals surface area contributed by atoms with Crippen LogP contribution in [0, 0.1) is 11.3 Å². The molecule has 14 heteroatoms. The molecule has 0 aromatic heterocycles. The van der Waals surface area contributed by atoms with Gasteiger partial charge in [-0.2, -0.15) is 4.31 Å². The number of hydrogen-bond acceptors (Lipinski definition) is 9. The number of carbonyl (C=O) groups excluding carboxylic acids is 1. The van der Waals surface area contributed by atoms with E-state index in [2.05, 4.69) is 5.32 Å². The zero-order valence-electron chi connectivity index (χ0n) is 26.7. The van der Waals surface area contributed by atoms with E-state index in [4.69, 9.17) is 18.9 Å². The molecule has 2 aromatic rings. The van der Waals surface area contributed by atoms with Crippen LogP contribution in [0.15, 0.2) is 59.5 Å². The molecule has 4 rings (SSSR count). The molecule has 2 heterocycles. The Morgan fingerprint density at radius 1 is 1.11 bits per heavy atom. The highest BCUT2D eigenvalue weighted by atomic mass is 32.2. The minimum Gasteiger partial charge on any atom is -0.497 e. The summed E-state index contributed by atoms with van der Waals surface area (Å²) in [5.74, 6) is 0.269. The molecule has 2 saturated heterocycles. The maximum atomic E-state index is 14.2. The average Bonchev–Trinajstić information content (AvgIpc) is 3.65. The number of methoxy groups -OCH3 is 1. The predicted octanol–water partition coefficient (Wildman–Crippen LogP) is 3.17. The molecule has 0 unspecified atom stereocenters. The molecule has 3 N–H and O–H groups in total. The van der Waals surface area contributed by atoms with Crippen molar-refractivity contribution in [2.45, 2.75) is 62.5 Å². The van der Waals surface area contributed by atoms with Crippen LogP contribution >= 0.6 is 0 Å². The van der Waals surface area contributed by atoms with Crippen molar-refractivity contribution in [3.63, 3.8) is 0 Å². The molecule has 0 radical (unpaired) electrons. The zero-order valence-corrected chi connectivity index (χ0v) is 27.5. The number of ether oxygens (including phenoxy) is 4. The molecule has 254 valence electrons. The van der Waals surface area contributed by atoms with Crippen molar-refractivity contribution in [3.8, 4) is 5.75 Å². The number of rotatable bonds is 15. The SMILES string of the molecule is CNC(=O)OCCC(C)(C)CN(C[C@@H](O)[C@H](Cc1ccccc1)N(C(=O)O)[C@H]1CO[C@H]2OCC[C@H]21)S(=O)(=O)c1ccc(OC)cc1. The number of nitrogens with one attached hydrogen (secondary N) is 1. The fourth-order valence-electron chi connectivity index (χ4n) is 6.06. The molecule has 13 nitrogen and oxygen atoms in total. The molecular formula is C32H45N3O10S. The number of carbonyl (C=O) groups is 2. The fourth-order valence-corrected chi connectivity index (χ4v) is 7.70. The summed E-state index contributed by atoms with van der Waals surface area (Å²) < 4.78 is 51.3. The first-order chi connectivity index (χ1) is 21.9. The second kappa shape index (κ2) is 15.4. The number of hydrogen-bond donors (Lipinski definition) is 3. The quantitative estimate of drug-likeness (QED) is 0.258. The first kappa shape index (κ1) is 35.4. The lowest BCUT2D eigenvalue weighted by molar-refractivity contribution is -0.0906. The van der Waals surface area contributed by atoms with Crippen molar-refractivity contribution < 1.29 is 47.2 Å². The Bertz CT molecular complexity index is 1410. The average molecular weight is 664 g/mol. The normalized spacial score (nSPS) is 21.0. The van der Waals surface area contributed by atoms with E-state index in [9.17, 15) is 28.2 Å². The van der Waals surface area contributed by atoms with Crippen LogP contribution in [0.5, 0.6) is 5.75 Å². The third kappa shape index (κ3) is 8.68. The van der Waals surface area contributed by atoms with Crippen LogP contribution < -0.4 is 10.1 Å². The third-order valence-corrected chi connectivity index (χ3v) is 10.4. The number of nitrogens with zero attached hydrogens (tertiary/aromatic N) is 2. The van der Waals surface area contributed by atoms with E-state index >= 15 is 0 Å². The molecule has 0 bridgehead atoms. The largest absolute Gasteiger partial charge is 0.497 e. The summed E-state index contributed by atoms with van der Waals surface area (Å²) in [4.78, 5) is 25.8. The van der Waals surface area contributed by atoms with Crippen LogP contribution in [-0.4, -0.2) is 112 Å². The Kier molecular flexibility index (Phi) is 11.9. The Balaban J connectivity index is 1.68. The highest BCUT2D eigenvalue weighted by molar-refractivity contribution is 7.89. The van der Waals surface area contributed by atoms with Gasteiger partial charge in [-0.05, 0) is 54.5 Å². The molecule has 2 amide bonds. The Morgan fingerprint density at radius 3 is 2.43 bits per heavy atom. The van der Waals surface area contributed by atoms with Gasteiger partial charge in [0.15, 0.2) is 6.29 Å². The van der Waals surface area contributed by atoms with Crippen LogP contribution in [0.4, 0.5) is 9.59 Å². The van der Waals surface area contributed by atoms with Crippen LogP contribution in [0.3, 0.4) is 0 Å². The van der Waals surface area contributed by atoms with Gasteiger partial charge < -0.3 is 34.5 Å². The summed E-state index contributed by atoms with van der Waals surface area (Å²) in [6, 6.07) is 13.5. The summed E-state index contributed by atoms with van der Waals surface area (Å²) in [7, 11) is -1.27. The van der Waals surface area contributed by atoms with Gasteiger partial charge in [0.05, 0.1) is 50.0 Å². The van der Waals surface area contributed by atoms with Gasteiger partial charge in [-0.15, -0.1) is 0 Å². The summed E-state index contributed by atoms with van der Waals surface area (Å²) in [5, 5.41) is 24.9. The van der Waals surface area contributed by atoms with E-state index in [1.807, 2.05) is 44.2 Å². The van der Waals surface area contributed by atoms with Gasteiger partial charge in [-0.3, -0.25) is 4.90 Å². The minimum absolute atomic E-state index is 0.0113. The molecule has 46 heavy (non-hydrogen) atoms. The van der Waals surface area contributed by atoms with E-state index in [0.717, 1.165) is 5.56 Å². The molecule has 5 atom stereocenters. The van der Waals surface area contributed by atoms with E-state index in [1.54, 1.807) is 0 Å². The van der Waals surface area contributed by atoms with Crippen LogP contribution in [0.25, 0.3) is 0 Å². The highest BCUT2D eigenvalue weighted by Gasteiger charge is 2.49. The van der Waals surface area contributed by atoms with Gasteiger partial charge in [0.2, 0.25) is 10.0 Å². The number of fused-ring (bicyclic) bond motifs is 1. The van der Waals surface area contributed by atoms with E-state index < -0.39 is 58.6 Å². The van der Waals surface area contributed by atoms with Crippen LogP contribution in [0.2, 0.25) is 0 Å². The molecule has 2 aliphatic rings. The molecule has 2 aromatic carbocycles. The Morgan fingerprint density at radius 2 is 1.80 bits per heavy atom. The zero-order chi connectivity index (χ0) is 33.5. The molecule has 2 fully saturated rings. The number of sulfonamides is 1. The van der Waals surface area contributed by atoms with Gasteiger partial charge in [-0.1, -0.05) is 44.2 Å². The number of aliphatic hydroxyl groups is 1. The van der Waals surface area contributed by atoms with E-state index in [0.29, 0.717) is 25.2 Å². The van der Waals surface area contributed by atoms with Gasteiger partial charge in [0.1, 0.15) is 5.75 Å². The maximum Gasteiger partial charge on any atom is 0.407 e. The maximum absolute atomic E-state index is 14.2. The summed E-state index contributed by atoms with van der Waals surface area (Å²) in [6.07, 6.45) is -2.72. The summed E-state index contributed by atoms with van der Waals surface area (Å²) in [6.45, 7) is 3.82. The second-order valence-corrected chi connectivity index (χ2v) is 14.3. The van der Waals surface area contributed by atoms with Crippen molar-refractivity contribution in [2.75, 3.05) is 47.1 Å². The lowest BCUT2D eigenvalue weighted by Crippen LogP contribution is -2.58. The van der Waals surface area contributed by atoms with E-state index in [1.165, 1.54) is 47.6 Å². The van der Waals surface area contributed by atoms with Crippen molar-refractivity contribution in [1.82, 2.24) is 14.5 Å². The van der Waals surface area contributed by atoms with Gasteiger partial charge in [-0.25, -0.2) is 18.0 Å². The number of carboxylic acid groups (broad SMARTS) is 1. The first-order valence-electron chi connectivity index (χ1n) is 15.3. The molecule has 2 aliphatic heterocycles. The topological polar surface area (TPSA) is 164 Å². The molecule has 0 saturated carbocycles. The monoisotopic (exact) mass is 663 g/mol. The van der Waals surface area contributed by atoms with Gasteiger partial charge in [0.25, 0.3) is 0 Å². The standard InChI is InChI=1S/C32H45N3O10S/c1-32(2,15-17-44-30(37)33-3)21-34(46(40,41)24-12-10-23(42-4)11-13-24)19-28(36)26(18-22-8-6-5-7-9-22)35(31(38)39)27-20-45-29-25(27)14-16-43-29/h5-13,25-29,36H,14-21H2,1-4H3,(H,33,37)(H,38,39)/t25-,26-,27-,28+,29+/m0/s1. The molecule has 0 aliphatic carbocycles. The number of amides is 2. The minimum atomic E-state index is -4.20. The molecule has 0 spiro atoms. The second-order valence-electron chi connectivity index (χ2n) is 12.4. The van der Waals surface area contributed by atoms with E-state index in [-0.39, 0.29) is 37.0 Å². The lowest BCUT2D eigenvalue weighted by Gasteiger charge is -2.40. The highest BCUT2D eigenvalue weighted by Crippen LogP contribution is 2.36. The predicted molar refractivity (Wildman–Crippen MR) is 168 cm³/mol. The van der Waals surface area contributed by atoms with Crippen LogP contribution in [0.1, 0.15) is 32.3 Å². The van der Waals surface area contributed by atoms with Crippen molar-refractivity contribution >= 4 is 22.2 Å². The van der Waals surface area contributed by atoms with Crippen molar-refractivity contribution in [1.29, 1.82) is 0 Å². The third-order valence-electron chi connectivity index (χ3n) is 8.58. The number of aliphatic hydroxyl groups excluding tert-OH is 1. The van der Waals surface area contributed by atoms with Crippen LogP contribution in [-0.2, 0) is 30.7 Å². The van der Waals surface area contributed by atoms with Gasteiger partial charge >= 0.3 is 12.2 Å². The van der Waals surface area contributed by atoms with Gasteiger partial charge in [0, 0.05) is 26.1 Å². The van der Waals surface area contributed by atoms with Crippen molar-refractivity contribution in [3.05, 3.63) is 60.2 Å². The summed E-state index contributed by atoms with van der Waals surface area (Å²) in [5.41, 5.74) is 0.0785. The number of alkyl carbamates (subject to hydrolysis) is 1. The summed E-state index contributed by atoms with van der Waals surface area (Å²) >= 11 is 0. The molecular weight excluding hydrogens is 618 g/mol. The fraction of sp³-hybridized carbons (Fsp3) is 0.562.